The number of ether oxygens (including phenoxy) is 3. The summed E-state index contributed by atoms with van der Waals surface area (Å²) in [5.74, 6) is 0. The zero-order chi connectivity index (χ0) is 11.4. The second kappa shape index (κ2) is 5.66. The molecule has 0 rings (SSSR count). The summed E-state index contributed by atoms with van der Waals surface area (Å²) < 4.78 is 15.2. The molecule has 0 bridgehead atoms. The van der Waals surface area contributed by atoms with Gasteiger partial charge in [0.1, 0.15) is 0 Å². The van der Waals surface area contributed by atoms with Gasteiger partial charge in [0, 0.05) is 0 Å². The third kappa shape index (κ3) is 6.32. The molecule has 0 aliphatic rings. The highest BCUT2D eigenvalue weighted by Gasteiger charge is 2.37. The van der Waals surface area contributed by atoms with Crippen molar-refractivity contribution in [3.63, 3.8) is 0 Å². The Labute approximate surface area is 86.2 Å². The first kappa shape index (κ1) is 13.8. The lowest BCUT2D eigenvalue weighted by Gasteiger charge is -2.30. The Kier molecular flexibility index (Phi) is 5.59. The molecule has 0 unspecified atom stereocenters. The summed E-state index contributed by atoms with van der Waals surface area (Å²) in [6.45, 7) is 10.6. The molecular weight excluding hydrogens is 184 g/mol. The minimum atomic E-state index is -2.18. The van der Waals surface area contributed by atoms with Gasteiger partial charge in [-0.2, -0.15) is 0 Å². The second-order valence-electron chi connectivity index (χ2n) is 4.00. The van der Waals surface area contributed by atoms with Crippen molar-refractivity contribution in [3.05, 3.63) is 0 Å². The Morgan fingerprint density at radius 1 is 0.714 bits per heavy atom. The van der Waals surface area contributed by atoms with Gasteiger partial charge in [-0.05, 0) is 41.5 Å². The van der Waals surface area contributed by atoms with Crippen LogP contribution in [0.5, 0.6) is 0 Å². The zero-order valence-electron chi connectivity index (χ0n) is 9.87. The van der Waals surface area contributed by atoms with Gasteiger partial charge >= 0.3 is 6.16 Å². The van der Waals surface area contributed by atoms with Gasteiger partial charge in [0.25, 0.3) is 0 Å². The predicted octanol–water partition coefficient (Wildman–Crippen LogP) is 2.30. The van der Waals surface area contributed by atoms with Gasteiger partial charge in [0.05, 0.1) is 18.3 Å². The summed E-state index contributed by atoms with van der Waals surface area (Å²) in [5, 5.41) is 11.9. The monoisotopic (exact) mass is 205 g/mol. The fourth-order valence-corrected chi connectivity index (χ4v) is 0.949. The van der Waals surface area contributed by atoms with Gasteiger partial charge in [-0.25, -0.2) is 0 Å². The Morgan fingerprint density at radius 2 is 0.929 bits per heavy atom. The van der Waals surface area contributed by atoms with E-state index in [1.165, 1.54) is 0 Å². The summed E-state index contributed by atoms with van der Waals surface area (Å²) in [7, 11) is 0. The van der Waals surface area contributed by atoms with E-state index in [-0.39, 0.29) is 18.3 Å². The van der Waals surface area contributed by atoms with Crippen molar-refractivity contribution < 1.29 is 19.3 Å². The molecule has 85 valence electrons. The molecule has 0 aromatic rings. The number of hydrogen-bond acceptors (Lipinski definition) is 3. The van der Waals surface area contributed by atoms with E-state index in [1.54, 1.807) is 41.5 Å². The lowest BCUT2D eigenvalue weighted by molar-refractivity contribution is -0.528. The van der Waals surface area contributed by atoms with Gasteiger partial charge in [0.15, 0.2) is 0 Å². The maximum atomic E-state index is 11.9. The minimum Gasteiger partial charge on any atom is -0.299 e. The molecule has 0 heterocycles. The van der Waals surface area contributed by atoms with Gasteiger partial charge in [-0.1, -0.05) is 0 Å². The highest BCUT2D eigenvalue weighted by Crippen LogP contribution is 2.19. The third-order valence-corrected chi connectivity index (χ3v) is 1.14. The average molecular weight is 205 g/mol. The van der Waals surface area contributed by atoms with Crippen LogP contribution in [0.3, 0.4) is 0 Å². The number of rotatable bonds is 6. The van der Waals surface area contributed by atoms with E-state index < -0.39 is 6.16 Å². The second-order valence-corrected chi connectivity index (χ2v) is 4.00. The summed E-state index contributed by atoms with van der Waals surface area (Å²) >= 11 is 0. The van der Waals surface area contributed by atoms with Crippen LogP contribution in [0.25, 0.3) is 0 Å². The largest absolute Gasteiger partial charge is 0.440 e. The molecular formula is C10H21O4. The molecule has 0 fully saturated rings. The summed E-state index contributed by atoms with van der Waals surface area (Å²) in [6.07, 6.45) is -2.88. The van der Waals surface area contributed by atoms with Crippen molar-refractivity contribution in [2.24, 2.45) is 0 Å². The summed E-state index contributed by atoms with van der Waals surface area (Å²) in [6, 6.07) is 0. The van der Waals surface area contributed by atoms with Crippen LogP contribution in [0.15, 0.2) is 0 Å². The molecule has 4 nitrogen and oxygen atoms in total. The lowest BCUT2D eigenvalue weighted by atomic mass is 10.4. The first-order valence-electron chi connectivity index (χ1n) is 4.99. The Hall–Kier alpha value is -0.160. The van der Waals surface area contributed by atoms with Gasteiger partial charge in [0.2, 0.25) is 0 Å². The molecule has 0 saturated carbocycles. The van der Waals surface area contributed by atoms with Crippen LogP contribution in [-0.4, -0.2) is 24.5 Å². The third-order valence-electron chi connectivity index (χ3n) is 1.14. The summed E-state index contributed by atoms with van der Waals surface area (Å²) in [4.78, 5) is 0. The maximum absolute atomic E-state index is 11.9. The van der Waals surface area contributed by atoms with Crippen molar-refractivity contribution in [1.29, 1.82) is 0 Å². The highest BCUT2D eigenvalue weighted by atomic mass is 17.0. The van der Waals surface area contributed by atoms with Crippen LogP contribution in [0, 0.1) is 0 Å². The van der Waals surface area contributed by atoms with Gasteiger partial charge in [-0.3, -0.25) is 14.2 Å². The normalized spacial score (nSPS) is 13.3. The van der Waals surface area contributed by atoms with Crippen LogP contribution in [0.4, 0.5) is 0 Å². The van der Waals surface area contributed by atoms with E-state index in [1.807, 2.05) is 0 Å². The molecule has 0 atom stereocenters. The molecule has 14 heavy (non-hydrogen) atoms. The Balaban J connectivity index is 4.32. The van der Waals surface area contributed by atoms with E-state index in [2.05, 4.69) is 0 Å². The van der Waals surface area contributed by atoms with Gasteiger partial charge < -0.3 is 0 Å². The molecule has 0 spiro atoms. The first-order chi connectivity index (χ1) is 6.25. The smallest absolute Gasteiger partial charge is 0.299 e. The fraction of sp³-hybridized carbons (Fsp3) is 1.00. The van der Waals surface area contributed by atoms with E-state index in [9.17, 15) is 5.11 Å². The molecule has 0 saturated heterocycles. The first-order valence-corrected chi connectivity index (χ1v) is 4.99. The van der Waals surface area contributed by atoms with E-state index in [0.29, 0.717) is 0 Å². The van der Waals surface area contributed by atoms with Crippen molar-refractivity contribution in [2.75, 3.05) is 0 Å². The minimum absolute atomic E-state index is 0.231. The molecule has 1 radical (unpaired) electrons. The Morgan fingerprint density at radius 3 is 1.07 bits per heavy atom. The van der Waals surface area contributed by atoms with Crippen LogP contribution in [0.2, 0.25) is 0 Å². The van der Waals surface area contributed by atoms with Crippen LogP contribution in [-0.2, 0) is 19.3 Å². The van der Waals surface area contributed by atoms with Crippen molar-refractivity contribution >= 4 is 0 Å². The molecule has 4 heteroatoms. The zero-order valence-corrected chi connectivity index (χ0v) is 9.87. The lowest BCUT2D eigenvalue weighted by Crippen LogP contribution is -2.43. The van der Waals surface area contributed by atoms with Gasteiger partial charge in [-0.15, -0.1) is 5.11 Å². The van der Waals surface area contributed by atoms with E-state index >= 15 is 0 Å². The topological polar surface area (TPSA) is 47.6 Å². The van der Waals surface area contributed by atoms with Crippen molar-refractivity contribution in [2.45, 2.75) is 66.0 Å². The highest BCUT2D eigenvalue weighted by molar-refractivity contribution is 4.49. The Bertz CT molecular complexity index is 128. The van der Waals surface area contributed by atoms with Crippen LogP contribution in [0.1, 0.15) is 41.5 Å². The molecule has 0 aliphatic carbocycles. The quantitative estimate of drug-likeness (QED) is 0.625. The van der Waals surface area contributed by atoms with Crippen LogP contribution >= 0.6 is 0 Å². The van der Waals surface area contributed by atoms with Crippen molar-refractivity contribution in [1.82, 2.24) is 0 Å². The van der Waals surface area contributed by atoms with E-state index in [4.69, 9.17) is 14.2 Å². The maximum Gasteiger partial charge on any atom is 0.440 e. The predicted molar refractivity (Wildman–Crippen MR) is 52.1 cm³/mol. The molecule has 0 N–H and O–H groups in total. The van der Waals surface area contributed by atoms with Crippen molar-refractivity contribution in [3.8, 4) is 0 Å². The standard InChI is InChI=1S/C10H21O4/c1-7(2)12-10(11,13-8(3)4)14-9(5)6/h7-9H,1-6H3. The van der Waals surface area contributed by atoms with Crippen LogP contribution < -0.4 is 0 Å². The molecule has 0 aromatic carbocycles. The molecule has 0 amide bonds. The number of hydrogen-bond donors (Lipinski definition) is 0. The molecule has 0 aromatic heterocycles. The molecule has 0 aliphatic heterocycles. The SMILES string of the molecule is CC(C)OC([O])(OC(C)C)OC(C)C. The summed E-state index contributed by atoms with van der Waals surface area (Å²) in [5.41, 5.74) is 0. The van der Waals surface area contributed by atoms with E-state index in [0.717, 1.165) is 0 Å². The fourth-order valence-electron chi connectivity index (χ4n) is 0.949. The average Bonchev–Trinajstić information content (AvgIpc) is 1.76.